The second-order valence-electron chi connectivity index (χ2n) is 8.46. The molecular weight excluding hydrogens is 382 g/mol. The van der Waals surface area contributed by atoms with Gasteiger partial charge in [0.1, 0.15) is 16.5 Å². The Kier molecular flexibility index (Phi) is 6.23. The van der Waals surface area contributed by atoms with E-state index in [0.29, 0.717) is 0 Å². The van der Waals surface area contributed by atoms with Crippen molar-refractivity contribution in [1.29, 1.82) is 0 Å². The van der Waals surface area contributed by atoms with Crippen LogP contribution in [0.1, 0.15) is 55.3 Å². The standard InChI is InChI=1S/C22H33N5OS/c1-4-5-11-18-23-20(26-12-14-27(15-13-26)22(28)25(2)3)19-16-9-7-6-8-10-17(16)29-21(19)24-18/h4-15H2,1-3H3. The van der Waals surface area contributed by atoms with Gasteiger partial charge in [0.25, 0.3) is 0 Å². The maximum absolute atomic E-state index is 12.3. The number of urea groups is 1. The van der Waals surface area contributed by atoms with Gasteiger partial charge in [-0.25, -0.2) is 14.8 Å². The molecule has 1 saturated heterocycles. The normalized spacial score (nSPS) is 17.3. The van der Waals surface area contributed by atoms with Crippen LogP contribution in [0.4, 0.5) is 10.6 Å². The van der Waals surface area contributed by atoms with E-state index in [2.05, 4.69) is 11.8 Å². The average Bonchev–Trinajstić information content (AvgIpc) is 2.92. The van der Waals surface area contributed by atoms with E-state index in [1.165, 1.54) is 46.3 Å². The molecule has 2 aliphatic rings. The summed E-state index contributed by atoms with van der Waals surface area (Å²) in [5.41, 5.74) is 1.51. The SMILES string of the molecule is CCCCc1nc(N2CCN(C(=O)N(C)C)CC2)c2c3c(sc2n1)CCCCC3. The molecule has 0 aromatic carbocycles. The molecule has 1 aliphatic carbocycles. The molecule has 3 heterocycles. The molecule has 29 heavy (non-hydrogen) atoms. The van der Waals surface area contributed by atoms with E-state index in [0.717, 1.165) is 63.5 Å². The maximum atomic E-state index is 12.3. The minimum atomic E-state index is 0.102. The Morgan fingerprint density at radius 2 is 1.83 bits per heavy atom. The number of hydrogen-bond acceptors (Lipinski definition) is 5. The number of amides is 2. The molecule has 0 N–H and O–H groups in total. The topological polar surface area (TPSA) is 52.6 Å². The molecule has 0 radical (unpaired) electrons. The highest BCUT2D eigenvalue weighted by Crippen LogP contribution is 2.39. The third-order valence-electron chi connectivity index (χ3n) is 6.08. The lowest BCUT2D eigenvalue weighted by atomic mass is 10.1. The van der Waals surface area contributed by atoms with Gasteiger partial charge in [0.15, 0.2) is 0 Å². The monoisotopic (exact) mass is 415 g/mol. The molecule has 2 aromatic rings. The number of anilines is 1. The first kappa shape index (κ1) is 20.4. The first-order valence-corrected chi connectivity index (χ1v) is 11.9. The number of aryl methyl sites for hydroxylation is 3. The highest BCUT2D eigenvalue weighted by atomic mass is 32.1. The summed E-state index contributed by atoms with van der Waals surface area (Å²) in [6.45, 7) is 5.39. The first-order valence-electron chi connectivity index (χ1n) is 11.1. The van der Waals surface area contributed by atoms with Gasteiger partial charge in [-0.2, -0.15) is 0 Å². The molecule has 4 rings (SSSR count). The van der Waals surface area contributed by atoms with E-state index >= 15 is 0 Å². The molecule has 6 nitrogen and oxygen atoms in total. The summed E-state index contributed by atoms with van der Waals surface area (Å²) in [6.07, 6.45) is 9.44. The van der Waals surface area contributed by atoms with Crippen molar-refractivity contribution in [3.8, 4) is 0 Å². The number of carbonyl (C=O) groups excluding carboxylic acids is 1. The molecule has 0 bridgehead atoms. The second kappa shape index (κ2) is 8.86. The van der Waals surface area contributed by atoms with Crippen molar-refractivity contribution >= 4 is 33.4 Å². The lowest BCUT2D eigenvalue weighted by molar-refractivity contribution is 0.168. The van der Waals surface area contributed by atoms with E-state index < -0.39 is 0 Å². The molecule has 158 valence electrons. The minimum absolute atomic E-state index is 0.102. The molecule has 2 amide bonds. The molecule has 0 spiro atoms. The Morgan fingerprint density at radius 1 is 1.07 bits per heavy atom. The zero-order chi connectivity index (χ0) is 20.4. The highest BCUT2D eigenvalue weighted by molar-refractivity contribution is 7.19. The fourth-order valence-electron chi connectivity index (χ4n) is 4.43. The third-order valence-corrected chi connectivity index (χ3v) is 7.26. The fraction of sp³-hybridized carbons (Fsp3) is 0.682. The largest absolute Gasteiger partial charge is 0.352 e. The summed E-state index contributed by atoms with van der Waals surface area (Å²) in [4.78, 5) is 31.1. The van der Waals surface area contributed by atoms with Crippen LogP contribution < -0.4 is 4.90 Å². The summed E-state index contributed by atoms with van der Waals surface area (Å²) in [6, 6.07) is 0.102. The number of aromatic nitrogens is 2. The van der Waals surface area contributed by atoms with Gasteiger partial charge in [-0.3, -0.25) is 0 Å². The Labute approximate surface area is 177 Å². The van der Waals surface area contributed by atoms with Gasteiger partial charge in [0.2, 0.25) is 0 Å². The van der Waals surface area contributed by atoms with Crippen LogP contribution in [0.25, 0.3) is 10.2 Å². The van der Waals surface area contributed by atoms with Gasteiger partial charge in [-0.05, 0) is 37.7 Å². The van der Waals surface area contributed by atoms with E-state index in [1.807, 2.05) is 30.3 Å². The maximum Gasteiger partial charge on any atom is 0.319 e. The number of rotatable bonds is 4. The zero-order valence-electron chi connectivity index (χ0n) is 18.0. The number of carbonyl (C=O) groups is 1. The van der Waals surface area contributed by atoms with Crippen LogP contribution in [0.3, 0.4) is 0 Å². The second-order valence-corrected chi connectivity index (χ2v) is 9.55. The van der Waals surface area contributed by atoms with Gasteiger partial charge >= 0.3 is 6.03 Å². The molecule has 0 saturated carbocycles. The minimum Gasteiger partial charge on any atom is -0.352 e. The Bertz CT molecular complexity index is 870. The number of hydrogen-bond donors (Lipinski definition) is 0. The first-order chi connectivity index (χ1) is 14.1. The Balaban J connectivity index is 1.68. The lowest BCUT2D eigenvalue weighted by Crippen LogP contribution is -2.51. The van der Waals surface area contributed by atoms with Crippen LogP contribution in [0.5, 0.6) is 0 Å². The third kappa shape index (κ3) is 4.20. The predicted octanol–water partition coefficient (Wildman–Crippen LogP) is 4.11. The molecule has 0 atom stereocenters. The smallest absolute Gasteiger partial charge is 0.319 e. The van der Waals surface area contributed by atoms with Gasteiger partial charge in [-0.15, -0.1) is 11.3 Å². The summed E-state index contributed by atoms with van der Waals surface area (Å²) in [5.74, 6) is 2.11. The molecule has 1 fully saturated rings. The van der Waals surface area contributed by atoms with Crippen molar-refractivity contribution in [2.45, 2.75) is 58.3 Å². The van der Waals surface area contributed by atoms with E-state index in [9.17, 15) is 4.79 Å². The molecule has 1 aliphatic heterocycles. The quantitative estimate of drug-likeness (QED) is 0.705. The highest BCUT2D eigenvalue weighted by Gasteiger charge is 2.27. The fourth-order valence-corrected chi connectivity index (χ4v) is 5.70. The number of nitrogens with zero attached hydrogens (tertiary/aromatic N) is 5. The lowest BCUT2D eigenvalue weighted by Gasteiger charge is -2.37. The van der Waals surface area contributed by atoms with E-state index in [-0.39, 0.29) is 6.03 Å². The zero-order valence-corrected chi connectivity index (χ0v) is 18.9. The molecule has 7 heteroatoms. The van der Waals surface area contributed by atoms with Gasteiger partial charge in [0, 0.05) is 51.6 Å². The Morgan fingerprint density at radius 3 is 2.55 bits per heavy atom. The van der Waals surface area contributed by atoms with E-state index in [1.54, 1.807) is 4.90 Å². The number of piperazine rings is 1. The molecule has 0 unspecified atom stereocenters. The van der Waals surface area contributed by atoms with Crippen LogP contribution in [0.2, 0.25) is 0 Å². The van der Waals surface area contributed by atoms with Crippen molar-refractivity contribution in [3.63, 3.8) is 0 Å². The van der Waals surface area contributed by atoms with Crippen LogP contribution in [-0.2, 0) is 19.3 Å². The molecular formula is C22H33N5OS. The van der Waals surface area contributed by atoms with Crippen LogP contribution in [0, 0.1) is 0 Å². The van der Waals surface area contributed by atoms with Crippen molar-refractivity contribution in [2.24, 2.45) is 0 Å². The predicted molar refractivity (Wildman–Crippen MR) is 120 cm³/mol. The van der Waals surface area contributed by atoms with Crippen LogP contribution in [0.15, 0.2) is 0 Å². The summed E-state index contributed by atoms with van der Waals surface area (Å²) < 4.78 is 0. The average molecular weight is 416 g/mol. The van der Waals surface area contributed by atoms with Crippen molar-refractivity contribution in [3.05, 3.63) is 16.3 Å². The van der Waals surface area contributed by atoms with Crippen molar-refractivity contribution in [2.75, 3.05) is 45.2 Å². The van der Waals surface area contributed by atoms with Gasteiger partial charge < -0.3 is 14.7 Å². The van der Waals surface area contributed by atoms with E-state index in [4.69, 9.17) is 9.97 Å². The van der Waals surface area contributed by atoms with Crippen molar-refractivity contribution < 1.29 is 4.79 Å². The number of unbranched alkanes of at least 4 members (excludes halogenated alkanes) is 1. The summed E-state index contributed by atoms with van der Waals surface area (Å²) >= 11 is 1.90. The van der Waals surface area contributed by atoms with Gasteiger partial charge in [0.05, 0.1) is 5.39 Å². The summed E-state index contributed by atoms with van der Waals surface area (Å²) in [5, 5.41) is 1.31. The number of fused-ring (bicyclic) bond motifs is 3. The van der Waals surface area contributed by atoms with Crippen LogP contribution in [-0.4, -0.2) is 66.1 Å². The Hall–Kier alpha value is -1.89. The van der Waals surface area contributed by atoms with Crippen LogP contribution >= 0.6 is 11.3 Å². The number of thiophene rings is 1. The van der Waals surface area contributed by atoms with Gasteiger partial charge in [-0.1, -0.05) is 19.8 Å². The summed E-state index contributed by atoms with van der Waals surface area (Å²) in [7, 11) is 3.65. The van der Waals surface area contributed by atoms with Crippen molar-refractivity contribution in [1.82, 2.24) is 19.8 Å². The molecule has 2 aromatic heterocycles.